The number of carbonyl (C=O) groups excluding carboxylic acids is 2. The van der Waals surface area contributed by atoms with Crippen molar-refractivity contribution in [3.8, 4) is 5.75 Å². The zero-order chi connectivity index (χ0) is 19.7. The van der Waals surface area contributed by atoms with Gasteiger partial charge in [-0.2, -0.15) is 5.10 Å². The normalized spacial score (nSPS) is 10.9. The maximum atomic E-state index is 13.3. The molecule has 4 rings (SSSR count). The molecule has 6 nitrogen and oxygen atoms in total. The van der Waals surface area contributed by atoms with Gasteiger partial charge in [-0.15, -0.1) is 0 Å². The van der Waals surface area contributed by atoms with E-state index in [-0.39, 0.29) is 18.1 Å². The summed E-state index contributed by atoms with van der Waals surface area (Å²) in [5.41, 5.74) is 1.53. The van der Waals surface area contributed by atoms with E-state index in [2.05, 4.69) is 5.10 Å². The van der Waals surface area contributed by atoms with Crippen molar-refractivity contribution in [3.05, 3.63) is 77.6 Å². The number of nitrogens with zero attached hydrogens (tertiary/aromatic N) is 2. The Balaban J connectivity index is 2.01. The first-order valence-corrected chi connectivity index (χ1v) is 8.90. The topological polar surface area (TPSA) is 69.9 Å². The molecule has 0 spiro atoms. The second kappa shape index (κ2) is 7.15. The summed E-state index contributed by atoms with van der Waals surface area (Å²) in [6.07, 6.45) is 1.68. The van der Waals surface area contributed by atoms with E-state index in [0.29, 0.717) is 22.4 Å². The molecule has 2 aromatic carbocycles. The lowest BCUT2D eigenvalue weighted by Gasteiger charge is -2.08. The molecular weight excluding hydrogens is 356 g/mol. The van der Waals surface area contributed by atoms with Gasteiger partial charge in [0.2, 0.25) is 5.78 Å². The van der Waals surface area contributed by atoms with E-state index in [1.807, 2.05) is 24.3 Å². The van der Waals surface area contributed by atoms with Crippen LogP contribution in [0, 0.1) is 0 Å². The molecule has 140 valence electrons. The SMILES string of the molecule is CCOC(=O)c1cc(C(=O)c2ccccc2OC)n2ncc3ccccc3c12. The van der Waals surface area contributed by atoms with Gasteiger partial charge >= 0.3 is 5.97 Å². The first kappa shape index (κ1) is 17.7. The van der Waals surface area contributed by atoms with Crippen LogP contribution in [0.2, 0.25) is 0 Å². The van der Waals surface area contributed by atoms with Crippen LogP contribution >= 0.6 is 0 Å². The molecule has 2 heterocycles. The van der Waals surface area contributed by atoms with Crippen LogP contribution in [-0.2, 0) is 4.74 Å². The highest BCUT2D eigenvalue weighted by molar-refractivity contribution is 6.15. The van der Waals surface area contributed by atoms with Crippen molar-refractivity contribution in [2.45, 2.75) is 6.92 Å². The fraction of sp³-hybridized carbons (Fsp3) is 0.136. The highest BCUT2D eigenvalue weighted by Gasteiger charge is 2.25. The van der Waals surface area contributed by atoms with Crippen molar-refractivity contribution in [2.24, 2.45) is 0 Å². The van der Waals surface area contributed by atoms with Gasteiger partial charge in [-0.05, 0) is 25.1 Å². The summed E-state index contributed by atoms with van der Waals surface area (Å²) in [5, 5.41) is 6.11. The molecule has 0 aliphatic heterocycles. The minimum absolute atomic E-state index is 0.240. The number of rotatable bonds is 5. The number of hydrogen-bond donors (Lipinski definition) is 0. The van der Waals surface area contributed by atoms with Gasteiger partial charge in [-0.1, -0.05) is 36.4 Å². The number of hydrogen-bond acceptors (Lipinski definition) is 5. The zero-order valence-electron chi connectivity index (χ0n) is 15.5. The van der Waals surface area contributed by atoms with E-state index in [1.54, 1.807) is 43.5 Å². The van der Waals surface area contributed by atoms with Gasteiger partial charge in [-0.25, -0.2) is 9.31 Å². The predicted molar refractivity (Wildman–Crippen MR) is 105 cm³/mol. The third-order valence-electron chi connectivity index (χ3n) is 4.58. The number of aromatic nitrogens is 2. The first-order chi connectivity index (χ1) is 13.7. The summed E-state index contributed by atoms with van der Waals surface area (Å²) >= 11 is 0. The maximum Gasteiger partial charge on any atom is 0.340 e. The van der Waals surface area contributed by atoms with Gasteiger partial charge < -0.3 is 9.47 Å². The third kappa shape index (κ3) is 2.79. The lowest BCUT2D eigenvalue weighted by Crippen LogP contribution is -2.08. The van der Waals surface area contributed by atoms with E-state index in [0.717, 1.165) is 10.8 Å². The molecule has 6 heteroatoms. The van der Waals surface area contributed by atoms with Crippen LogP contribution in [0.15, 0.2) is 60.8 Å². The quantitative estimate of drug-likeness (QED) is 0.391. The molecule has 0 amide bonds. The molecule has 0 fully saturated rings. The highest BCUT2D eigenvalue weighted by Crippen LogP contribution is 2.28. The van der Waals surface area contributed by atoms with Gasteiger partial charge in [0.25, 0.3) is 0 Å². The Labute approximate surface area is 161 Å². The summed E-state index contributed by atoms with van der Waals surface area (Å²) in [7, 11) is 1.51. The molecule has 0 saturated carbocycles. The van der Waals surface area contributed by atoms with Crippen LogP contribution in [0.25, 0.3) is 16.3 Å². The average molecular weight is 374 g/mol. The summed E-state index contributed by atoms with van der Waals surface area (Å²) < 4.78 is 12.0. The predicted octanol–water partition coefficient (Wildman–Crippen LogP) is 3.90. The number of carbonyl (C=O) groups is 2. The number of esters is 1. The van der Waals surface area contributed by atoms with E-state index in [1.165, 1.54) is 11.6 Å². The summed E-state index contributed by atoms with van der Waals surface area (Å²) in [6.45, 7) is 1.98. The molecule has 0 aliphatic rings. The minimum atomic E-state index is -0.489. The van der Waals surface area contributed by atoms with Crippen molar-refractivity contribution < 1.29 is 19.1 Å². The largest absolute Gasteiger partial charge is 0.496 e. The van der Waals surface area contributed by atoms with Crippen LogP contribution in [0.1, 0.15) is 33.3 Å². The van der Waals surface area contributed by atoms with Crippen molar-refractivity contribution in [1.82, 2.24) is 9.61 Å². The Morgan fingerprint density at radius 2 is 1.79 bits per heavy atom. The Bertz CT molecular complexity index is 1210. The van der Waals surface area contributed by atoms with Crippen LogP contribution in [-0.4, -0.2) is 35.1 Å². The lowest BCUT2D eigenvalue weighted by molar-refractivity contribution is 0.0529. The molecule has 4 aromatic rings. The van der Waals surface area contributed by atoms with E-state index >= 15 is 0 Å². The van der Waals surface area contributed by atoms with Gasteiger partial charge in [0.1, 0.15) is 11.4 Å². The molecular formula is C22H18N2O4. The van der Waals surface area contributed by atoms with Crippen LogP contribution < -0.4 is 4.74 Å². The molecule has 0 radical (unpaired) electrons. The second-order valence-corrected chi connectivity index (χ2v) is 6.19. The molecule has 0 saturated heterocycles. The Kier molecular flexibility index (Phi) is 4.53. The van der Waals surface area contributed by atoms with Crippen LogP contribution in [0.3, 0.4) is 0 Å². The average Bonchev–Trinajstić information content (AvgIpc) is 3.13. The highest BCUT2D eigenvalue weighted by atomic mass is 16.5. The molecule has 28 heavy (non-hydrogen) atoms. The number of para-hydroxylation sites is 1. The smallest absolute Gasteiger partial charge is 0.340 e. The third-order valence-corrected chi connectivity index (χ3v) is 4.58. The molecule has 0 unspecified atom stereocenters. The summed E-state index contributed by atoms with van der Waals surface area (Å²) in [4.78, 5) is 25.9. The second-order valence-electron chi connectivity index (χ2n) is 6.19. The molecule has 0 atom stereocenters. The van der Waals surface area contributed by atoms with Crippen molar-refractivity contribution in [3.63, 3.8) is 0 Å². The summed E-state index contributed by atoms with van der Waals surface area (Å²) in [6, 6.07) is 16.1. The van der Waals surface area contributed by atoms with Gasteiger partial charge in [0, 0.05) is 10.8 Å². The lowest BCUT2D eigenvalue weighted by atomic mass is 10.1. The van der Waals surface area contributed by atoms with Gasteiger partial charge in [0.05, 0.1) is 36.6 Å². The first-order valence-electron chi connectivity index (χ1n) is 8.90. The van der Waals surface area contributed by atoms with Crippen molar-refractivity contribution in [2.75, 3.05) is 13.7 Å². The molecule has 0 bridgehead atoms. The minimum Gasteiger partial charge on any atom is -0.496 e. The molecule has 0 aliphatic carbocycles. The number of benzene rings is 2. The Morgan fingerprint density at radius 3 is 2.57 bits per heavy atom. The van der Waals surface area contributed by atoms with Crippen LogP contribution in [0.5, 0.6) is 5.75 Å². The fourth-order valence-corrected chi connectivity index (χ4v) is 3.32. The zero-order valence-corrected chi connectivity index (χ0v) is 15.5. The van der Waals surface area contributed by atoms with E-state index in [4.69, 9.17) is 9.47 Å². The van der Waals surface area contributed by atoms with Crippen molar-refractivity contribution >= 4 is 28.0 Å². The van der Waals surface area contributed by atoms with Crippen molar-refractivity contribution in [1.29, 1.82) is 0 Å². The van der Waals surface area contributed by atoms with E-state index in [9.17, 15) is 9.59 Å². The number of fused-ring (bicyclic) bond motifs is 3. The van der Waals surface area contributed by atoms with Crippen LogP contribution in [0.4, 0.5) is 0 Å². The number of methoxy groups -OCH3 is 1. The number of ketones is 1. The fourth-order valence-electron chi connectivity index (χ4n) is 3.32. The monoisotopic (exact) mass is 374 g/mol. The van der Waals surface area contributed by atoms with Gasteiger partial charge in [0.15, 0.2) is 0 Å². The summed E-state index contributed by atoms with van der Waals surface area (Å²) in [5.74, 6) is -0.316. The maximum absolute atomic E-state index is 13.3. The van der Waals surface area contributed by atoms with Gasteiger partial charge in [-0.3, -0.25) is 4.79 Å². The molecule has 2 aromatic heterocycles. The number of ether oxygens (including phenoxy) is 2. The molecule has 0 N–H and O–H groups in total. The standard InChI is InChI=1S/C22H18N2O4/c1-3-28-22(26)17-12-18(21(25)16-10-6-7-11-19(16)27-2)24-20(17)15-9-5-4-8-14(15)13-23-24/h4-13H,3H2,1-2H3. The van der Waals surface area contributed by atoms with E-state index < -0.39 is 5.97 Å². The Hall–Kier alpha value is -3.67. The Morgan fingerprint density at radius 1 is 1.04 bits per heavy atom.